The van der Waals surface area contributed by atoms with Crippen molar-refractivity contribution in [2.45, 2.75) is 6.92 Å². The Morgan fingerprint density at radius 1 is 1.27 bits per heavy atom. The van der Waals surface area contributed by atoms with Crippen LogP contribution in [-0.2, 0) is 0 Å². The molecule has 1 N–H and O–H groups in total. The summed E-state index contributed by atoms with van der Waals surface area (Å²) in [5.74, 6) is 0.782. The average molecular weight is 312 g/mol. The minimum Gasteiger partial charge on any atom is -0.456 e. The fraction of sp³-hybridized carbons (Fsp3) is 0.0667. The van der Waals surface area contributed by atoms with E-state index in [9.17, 15) is 4.79 Å². The number of nitrogens with one attached hydrogen (secondary N) is 1. The van der Waals surface area contributed by atoms with E-state index in [1.54, 1.807) is 36.7 Å². The van der Waals surface area contributed by atoms with E-state index in [-0.39, 0.29) is 11.6 Å². The molecule has 110 valence electrons. The van der Waals surface area contributed by atoms with Crippen LogP contribution in [0.2, 0.25) is 0 Å². The van der Waals surface area contributed by atoms with Crippen molar-refractivity contribution in [1.82, 2.24) is 15.0 Å². The first-order chi connectivity index (χ1) is 10.7. The summed E-state index contributed by atoms with van der Waals surface area (Å²) < 4.78 is 5.63. The fourth-order valence-corrected chi connectivity index (χ4v) is 2.40. The van der Waals surface area contributed by atoms with Crippen molar-refractivity contribution >= 4 is 22.4 Å². The van der Waals surface area contributed by atoms with Crippen molar-refractivity contribution in [1.29, 1.82) is 0 Å². The number of carbonyl (C=O) groups excluding carboxylic acids is 1. The normalized spacial score (nSPS) is 10.2. The molecule has 0 saturated carbocycles. The van der Waals surface area contributed by atoms with Crippen molar-refractivity contribution in [3.63, 3.8) is 0 Å². The minimum atomic E-state index is -0.328. The summed E-state index contributed by atoms with van der Waals surface area (Å²) >= 11 is 1.37. The number of amides is 1. The third-order valence-electron chi connectivity index (χ3n) is 2.67. The largest absolute Gasteiger partial charge is 0.456 e. The van der Waals surface area contributed by atoms with E-state index in [1.807, 2.05) is 12.3 Å². The summed E-state index contributed by atoms with van der Waals surface area (Å²) in [7, 11) is 0. The van der Waals surface area contributed by atoms with Crippen molar-refractivity contribution in [2.24, 2.45) is 0 Å². The first-order valence-electron chi connectivity index (χ1n) is 6.48. The molecule has 3 rings (SSSR count). The van der Waals surface area contributed by atoms with Gasteiger partial charge >= 0.3 is 0 Å². The van der Waals surface area contributed by atoms with Gasteiger partial charge in [0.05, 0.1) is 11.9 Å². The zero-order valence-electron chi connectivity index (χ0n) is 11.7. The highest BCUT2D eigenvalue weighted by molar-refractivity contribution is 7.13. The second-order valence-corrected chi connectivity index (χ2v) is 5.27. The quantitative estimate of drug-likeness (QED) is 0.800. The molecule has 0 aromatic carbocycles. The van der Waals surface area contributed by atoms with Gasteiger partial charge in [-0.05, 0) is 25.1 Å². The van der Waals surface area contributed by atoms with Gasteiger partial charge in [-0.25, -0.2) is 4.98 Å². The van der Waals surface area contributed by atoms with Crippen molar-refractivity contribution < 1.29 is 9.53 Å². The van der Waals surface area contributed by atoms with Gasteiger partial charge in [-0.3, -0.25) is 20.1 Å². The van der Waals surface area contributed by atoms with Gasteiger partial charge in [0.1, 0.15) is 17.2 Å². The summed E-state index contributed by atoms with van der Waals surface area (Å²) in [6, 6.07) is 6.81. The Morgan fingerprint density at radius 3 is 2.91 bits per heavy atom. The molecule has 7 heteroatoms. The lowest BCUT2D eigenvalue weighted by molar-refractivity contribution is 0.102. The molecule has 0 bridgehead atoms. The number of carbonyl (C=O) groups is 1. The number of thiazole rings is 1. The van der Waals surface area contributed by atoms with E-state index in [1.165, 1.54) is 17.5 Å². The van der Waals surface area contributed by atoms with Gasteiger partial charge in [0.2, 0.25) is 0 Å². The van der Waals surface area contributed by atoms with Crippen molar-refractivity contribution in [3.8, 4) is 11.5 Å². The van der Waals surface area contributed by atoms with E-state index >= 15 is 0 Å². The molecule has 0 radical (unpaired) electrons. The summed E-state index contributed by atoms with van der Waals surface area (Å²) in [5.41, 5.74) is 1.12. The van der Waals surface area contributed by atoms with Crippen LogP contribution in [-0.4, -0.2) is 20.9 Å². The summed E-state index contributed by atoms with van der Waals surface area (Å²) in [5, 5.41) is 5.12. The SMILES string of the molecule is Cc1csc(NC(=O)c2cc(Oc3cccnc3)ccn2)n1. The van der Waals surface area contributed by atoms with Crippen molar-refractivity contribution in [2.75, 3.05) is 5.32 Å². The molecule has 0 atom stereocenters. The highest BCUT2D eigenvalue weighted by atomic mass is 32.1. The second-order valence-electron chi connectivity index (χ2n) is 4.42. The zero-order chi connectivity index (χ0) is 15.4. The molecular weight excluding hydrogens is 300 g/mol. The highest BCUT2D eigenvalue weighted by Crippen LogP contribution is 2.21. The number of rotatable bonds is 4. The van der Waals surface area contributed by atoms with Crippen LogP contribution in [0.5, 0.6) is 11.5 Å². The molecule has 0 aliphatic heterocycles. The molecule has 0 saturated heterocycles. The number of aryl methyl sites for hydroxylation is 1. The predicted molar refractivity (Wildman–Crippen MR) is 83.4 cm³/mol. The van der Waals surface area contributed by atoms with Crippen LogP contribution in [0.1, 0.15) is 16.2 Å². The second kappa shape index (κ2) is 6.31. The third-order valence-corrected chi connectivity index (χ3v) is 3.55. The first kappa shape index (κ1) is 14.2. The Balaban J connectivity index is 1.74. The van der Waals surface area contributed by atoms with E-state index in [0.29, 0.717) is 16.6 Å². The maximum Gasteiger partial charge on any atom is 0.276 e. The number of nitrogens with zero attached hydrogens (tertiary/aromatic N) is 3. The molecule has 0 fully saturated rings. The number of anilines is 1. The third kappa shape index (κ3) is 3.44. The lowest BCUT2D eigenvalue weighted by atomic mass is 10.3. The molecule has 3 aromatic rings. The maximum atomic E-state index is 12.2. The minimum absolute atomic E-state index is 0.259. The topological polar surface area (TPSA) is 77.0 Å². The number of hydrogen-bond donors (Lipinski definition) is 1. The van der Waals surface area contributed by atoms with Gasteiger partial charge in [-0.2, -0.15) is 0 Å². The molecule has 0 spiro atoms. The molecule has 0 aliphatic carbocycles. The average Bonchev–Trinajstić information content (AvgIpc) is 2.93. The van der Waals surface area contributed by atoms with Gasteiger partial charge in [0.25, 0.3) is 5.91 Å². The molecule has 0 unspecified atom stereocenters. The lowest BCUT2D eigenvalue weighted by Gasteiger charge is -2.06. The Labute approximate surface area is 130 Å². The van der Waals surface area contributed by atoms with Crippen LogP contribution in [0.25, 0.3) is 0 Å². The Kier molecular flexibility index (Phi) is 4.06. The van der Waals surface area contributed by atoms with Crippen molar-refractivity contribution in [3.05, 3.63) is 59.6 Å². The Hall–Kier alpha value is -2.80. The van der Waals surface area contributed by atoms with Gasteiger partial charge in [0, 0.05) is 23.8 Å². The molecule has 22 heavy (non-hydrogen) atoms. The summed E-state index contributed by atoms with van der Waals surface area (Å²) in [6.07, 6.45) is 4.78. The predicted octanol–water partition coefficient (Wildman–Crippen LogP) is 3.29. The number of pyridine rings is 2. The molecule has 0 aliphatic rings. The summed E-state index contributed by atoms with van der Waals surface area (Å²) in [4.78, 5) is 24.4. The molecule has 6 nitrogen and oxygen atoms in total. The molecular formula is C15H12N4O2S. The summed E-state index contributed by atoms with van der Waals surface area (Å²) in [6.45, 7) is 1.87. The standard InChI is InChI=1S/C15H12N4O2S/c1-10-9-22-15(18-10)19-14(20)13-7-11(4-6-17-13)21-12-3-2-5-16-8-12/h2-9H,1H3,(H,18,19,20). The Morgan fingerprint density at radius 2 is 2.18 bits per heavy atom. The van der Waals surface area contributed by atoms with Crippen LogP contribution < -0.4 is 10.1 Å². The van der Waals surface area contributed by atoms with Gasteiger partial charge in [-0.15, -0.1) is 11.3 Å². The van der Waals surface area contributed by atoms with Gasteiger partial charge in [0.15, 0.2) is 5.13 Å². The number of aromatic nitrogens is 3. The van der Waals surface area contributed by atoms with Crippen LogP contribution in [0.15, 0.2) is 48.2 Å². The zero-order valence-corrected chi connectivity index (χ0v) is 12.5. The molecule has 1 amide bonds. The van der Waals surface area contributed by atoms with E-state index in [4.69, 9.17) is 4.74 Å². The maximum absolute atomic E-state index is 12.2. The molecule has 3 heterocycles. The van der Waals surface area contributed by atoms with Crippen LogP contribution in [0.4, 0.5) is 5.13 Å². The highest BCUT2D eigenvalue weighted by Gasteiger charge is 2.11. The first-order valence-corrected chi connectivity index (χ1v) is 7.36. The lowest BCUT2D eigenvalue weighted by Crippen LogP contribution is -2.13. The smallest absolute Gasteiger partial charge is 0.276 e. The van der Waals surface area contributed by atoms with E-state index in [0.717, 1.165) is 5.69 Å². The fourth-order valence-electron chi connectivity index (χ4n) is 1.71. The monoisotopic (exact) mass is 312 g/mol. The number of ether oxygens (including phenoxy) is 1. The van der Waals surface area contributed by atoms with Crippen LogP contribution in [0.3, 0.4) is 0 Å². The molecule has 3 aromatic heterocycles. The van der Waals surface area contributed by atoms with Gasteiger partial charge in [-0.1, -0.05) is 0 Å². The van der Waals surface area contributed by atoms with Crippen LogP contribution in [0, 0.1) is 6.92 Å². The van der Waals surface area contributed by atoms with Gasteiger partial charge < -0.3 is 4.74 Å². The van der Waals surface area contributed by atoms with Crippen LogP contribution >= 0.6 is 11.3 Å². The van der Waals surface area contributed by atoms with E-state index < -0.39 is 0 Å². The Bertz CT molecular complexity index is 789. The number of hydrogen-bond acceptors (Lipinski definition) is 6. The van der Waals surface area contributed by atoms with E-state index in [2.05, 4.69) is 20.3 Å².